The number of carbonyl (C=O) groups is 1. The van der Waals surface area contributed by atoms with E-state index in [4.69, 9.17) is 9.47 Å². The van der Waals surface area contributed by atoms with Gasteiger partial charge in [-0.15, -0.1) is 24.0 Å². The summed E-state index contributed by atoms with van der Waals surface area (Å²) < 4.78 is 11.3. The van der Waals surface area contributed by atoms with Gasteiger partial charge >= 0.3 is 0 Å². The molecule has 1 saturated carbocycles. The Balaban J connectivity index is 0.00000512. The largest absolute Gasteiger partial charge is 0.491 e. The molecule has 1 aliphatic carbocycles. The fourth-order valence-electron chi connectivity index (χ4n) is 3.72. The summed E-state index contributed by atoms with van der Waals surface area (Å²) in [5.41, 5.74) is 2.18. The molecular formula is C24H41IN4O3. The molecule has 0 radical (unpaired) electrons. The summed E-state index contributed by atoms with van der Waals surface area (Å²) in [4.78, 5) is 16.8. The van der Waals surface area contributed by atoms with Crippen LogP contribution in [0.3, 0.4) is 0 Å². The smallest absolute Gasteiger partial charge is 0.220 e. The van der Waals surface area contributed by atoms with Gasteiger partial charge in [0.05, 0.1) is 13.2 Å². The molecule has 3 N–H and O–H groups in total. The van der Waals surface area contributed by atoms with Crippen LogP contribution in [0.25, 0.3) is 0 Å². The zero-order valence-corrected chi connectivity index (χ0v) is 22.2. The number of carbonyl (C=O) groups excluding carboxylic acids is 1. The first-order valence-electron chi connectivity index (χ1n) is 11.7. The van der Waals surface area contributed by atoms with Gasteiger partial charge in [0.2, 0.25) is 5.91 Å². The number of benzene rings is 1. The highest BCUT2D eigenvalue weighted by atomic mass is 127. The Kier molecular flexibility index (Phi) is 15.1. The molecule has 1 fully saturated rings. The van der Waals surface area contributed by atoms with Gasteiger partial charge in [0.15, 0.2) is 5.96 Å². The van der Waals surface area contributed by atoms with Crippen LogP contribution >= 0.6 is 24.0 Å². The van der Waals surface area contributed by atoms with Gasteiger partial charge in [0.25, 0.3) is 0 Å². The Labute approximate surface area is 210 Å². The summed E-state index contributed by atoms with van der Waals surface area (Å²) in [5.74, 6) is 2.31. The van der Waals surface area contributed by atoms with Crippen LogP contribution in [-0.4, -0.2) is 51.3 Å². The Morgan fingerprint density at radius 3 is 2.56 bits per heavy atom. The Bertz CT molecular complexity index is 694. The average Bonchev–Trinajstić information content (AvgIpc) is 3.26. The maximum absolute atomic E-state index is 12.1. The minimum atomic E-state index is 0. The number of hydrogen-bond donors (Lipinski definition) is 3. The van der Waals surface area contributed by atoms with E-state index < -0.39 is 0 Å². The summed E-state index contributed by atoms with van der Waals surface area (Å²) in [6.45, 7) is 10.3. The van der Waals surface area contributed by atoms with Crippen LogP contribution in [0.5, 0.6) is 5.75 Å². The van der Waals surface area contributed by atoms with Crippen molar-refractivity contribution in [1.82, 2.24) is 16.0 Å². The van der Waals surface area contributed by atoms with Gasteiger partial charge in [0.1, 0.15) is 12.4 Å². The van der Waals surface area contributed by atoms with Crippen molar-refractivity contribution in [3.63, 3.8) is 0 Å². The van der Waals surface area contributed by atoms with Crippen LogP contribution < -0.4 is 20.7 Å². The van der Waals surface area contributed by atoms with Crippen molar-refractivity contribution in [2.75, 3.05) is 39.5 Å². The third-order valence-corrected chi connectivity index (χ3v) is 5.35. The highest BCUT2D eigenvalue weighted by Crippen LogP contribution is 2.27. The van der Waals surface area contributed by atoms with E-state index in [9.17, 15) is 4.79 Å². The third-order valence-electron chi connectivity index (χ3n) is 5.35. The lowest BCUT2D eigenvalue weighted by Crippen LogP contribution is -2.41. The summed E-state index contributed by atoms with van der Waals surface area (Å²) in [6.07, 6.45) is 5.58. The van der Waals surface area contributed by atoms with Crippen molar-refractivity contribution in [3.8, 4) is 5.75 Å². The summed E-state index contributed by atoms with van der Waals surface area (Å²) in [7, 11) is 0. The summed E-state index contributed by atoms with van der Waals surface area (Å²) in [6, 6.07) is 6.17. The molecule has 0 aromatic heterocycles. The Morgan fingerprint density at radius 2 is 1.84 bits per heavy atom. The van der Waals surface area contributed by atoms with Crippen LogP contribution in [0.4, 0.5) is 0 Å². The molecule has 1 aromatic rings. The van der Waals surface area contributed by atoms with Gasteiger partial charge in [0, 0.05) is 38.2 Å². The van der Waals surface area contributed by atoms with Crippen molar-refractivity contribution >= 4 is 35.8 Å². The fraction of sp³-hybridized carbons (Fsp3) is 0.667. The first kappa shape index (κ1) is 28.5. The standard InChI is InChI=1S/C24H40N4O3.HI/c1-4-25-24(27-13-12-26-23(29)17-20-8-6-7-9-20)28-18-21-11-10-19(3)16-22(21)31-15-14-30-5-2;/h10-11,16,20H,4-9,12-15,17-18H2,1-3H3,(H,26,29)(H2,25,27,28);1H. The number of aryl methyl sites for hydroxylation is 1. The Morgan fingerprint density at radius 1 is 1.09 bits per heavy atom. The number of rotatable bonds is 13. The number of amides is 1. The van der Waals surface area contributed by atoms with Gasteiger partial charge in [-0.1, -0.05) is 25.0 Å². The van der Waals surface area contributed by atoms with Gasteiger partial charge in [-0.25, -0.2) is 4.99 Å². The first-order valence-corrected chi connectivity index (χ1v) is 11.7. The highest BCUT2D eigenvalue weighted by molar-refractivity contribution is 14.0. The van der Waals surface area contributed by atoms with E-state index in [1.54, 1.807) is 0 Å². The second kappa shape index (κ2) is 17.0. The lowest BCUT2D eigenvalue weighted by molar-refractivity contribution is -0.121. The van der Waals surface area contributed by atoms with E-state index in [-0.39, 0.29) is 29.9 Å². The van der Waals surface area contributed by atoms with Gasteiger partial charge in [-0.3, -0.25) is 4.79 Å². The minimum Gasteiger partial charge on any atom is -0.491 e. The molecule has 0 aliphatic heterocycles. The number of aliphatic imine (C=N–C) groups is 1. The van der Waals surface area contributed by atoms with Crippen molar-refractivity contribution in [2.24, 2.45) is 10.9 Å². The predicted molar refractivity (Wildman–Crippen MR) is 141 cm³/mol. The van der Waals surface area contributed by atoms with Crippen LogP contribution in [-0.2, 0) is 16.1 Å². The second-order valence-corrected chi connectivity index (χ2v) is 7.98. The molecule has 0 saturated heterocycles. The van der Waals surface area contributed by atoms with Crippen molar-refractivity contribution in [2.45, 2.75) is 59.4 Å². The minimum absolute atomic E-state index is 0. The average molecular weight is 561 g/mol. The molecule has 7 nitrogen and oxygen atoms in total. The van der Waals surface area contributed by atoms with E-state index in [1.165, 1.54) is 25.7 Å². The van der Waals surface area contributed by atoms with E-state index in [1.807, 2.05) is 19.9 Å². The topological polar surface area (TPSA) is 84.0 Å². The molecule has 1 aromatic carbocycles. The maximum Gasteiger partial charge on any atom is 0.220 e. The molecule has 1 aliphatic rings. The number of halogens is 1. The lowest BCUT2D eigenvalue weighted by Gasteiger charge is -2.14. The van der Waals surface area contributed by atoms with Crippen LogP contribution in [0.15, 0.2) is 23.2 Å². The first-order chi connectivity index (χ1) is 15.1. The number of guanidine groups is 1. The molecule has 0 unspecified atom stereocenters. The number of nitrogens with zero attached hydrogens (tertiary/aromatic N) is 1. The van der Waals surface area contributed by atoms with Gasteiger partial charge in [-0.05, 0) is 51.2 Å². The second-order valence-electron chi connectivity index (χ2n) is 7.98. The van der Waals surface area contributed by atoms with Crippen LogP contribution in [0.1, 0.15) is 57.1 Å². The number of nitrogens with one attached hydrogen (secondary N) is 3. The highest BCUT2D eigenvalue weighted by Gasteiger charge is 2.17. The number of ether oxygens (including phenoxy) is 2. The normalized spacial score (nSPS) is 14.0. The summed E-state index contributed by atoms with van der Waals surface area (Å²) >= 11 is 0. The fourth-order valence-corrected chi connectivity index (χ4v) is 3.72. The molecule has 8 heteroatoms. The molecule has 32 heavy (non-hydrogen) atoms. The molecule has 2 rings (SSSR count). The SMILES string of the molecule is CCNC(=NCc1ccc(C)cc1OCCOCC)NCCNC(=O)CC1CCCC1.I. The quantitative estimate of drug-likeness (QED) is 0.148. The molecule has 0 bridgehead atoms. The predicted octanol–water partition coefficient (Wildman–Crippen LogP) is 3.78. The zero-order valence-electron chi connectivity index (χ0n) is 19.9. The Hall–Kier alpha value is -1.55. The van der Waals surface area contributed by atoms with Gasteiger partial charge < -0.3 is 25.4 Å². The van der Waals surface area contributed by atoms with E-state index in [2.05, 4.69) is 40.0 Å². The number of hydrogen-bond acceptors (Lipinski definition) is 4. The molecule has 0 spiro atoms. The maximum atomic E-state index is 12.1. The van der Waals surface area contributed by atoms with Crippen molar-refractivity contribution < 1.29 is 14.3 Å². The monoisotopic (exact) mass is 560 g/mol. The lowest BCUT2D eigenvalue weighted by atomic mass is 10.0. The van der Waals surface area contributed by atoms with E-state index in [0.717, 1.165) is 29.4 Å². The zero-order chi connectivity index (χ0) is 22.3. The van der Waals surface area contributed by atoms with Gasteiger partial charge in [-0.2, -0.15) is 0 Å². The molecule has 0 heterocycles. The van der Waals surface area contributed by atoms with E-state index >= 15 is 0 Å². The van der Waals surface area contributed by atoms with Crippen molar-refractivity contribution in [1.29, 1.82) is 0 Å². The molecule has 182 valence electrons. The van der Waals surface area contributed by atoms with Crippen LogP contribution in [0, 0.1) is 12.8 Å². The third kappa shape index (κ3) is 11.4. The molecular weight excluding hydrogens is 519 g/mol. The van der Waals surface area contributed by atoms with Crippen LogP contribution in [0.2, 0.25) is 0 Å². The summed E-state index contributed by atoms with van der Waals surface area (Å²) in [5, 5.41) is 9.56. The van der Waals surface area contributed by atoms with E-state index in [0.29, 0.717) is 51.8 Å². The molecule has 0 atom stereocenters. The van der Waals surface area contributed by atoms with Crippen molar-refractivity contribution in [3.05, 3.63) is 29.3 Å². The molecule has 1 amide bonds.